The number of hydrogen-bond donors (Lipinski definition) is 2. The number of carbonyl (C=O) groups is 1. The lowest BCUT2D eigenvalue weighted by Crippen LogP contribution is -2.55. The maximum atomic E-state index is 12.2. The minimum absolute atomic E-state index is 0.0530. The van der Waals surface area contributed by atoms with Gasteiger partial charge in [0.15, 0.2) is 6.61 Å². The van der Waals surface area contributed by atoms with Gasteiger partial charge in [-0.15, -0.1) is 0 Å². The summed E-state index contributed by atoms with van der Waals surface area (Å²) in [5.74, 6) is 1.45. The summed E-state index contributed by atoms with van der Waals surface area (Å²) in [6.07, 6.45) is 8.41. The highest BCUT2D eigenvalue weighted by Gasteiger charge is 2.42. The van der Waals surface area contributed by atoms with Crippen LogP contribution in [0.2, 0.25) is 0 Å². The van der Waals surface area contributed by atoms with Crippen LogP contribution in [0.3, 0.4) is 0 Å². The highest BCUT2D eigenvalue weighted by atomic mass is 16.5. The van der Waals surface area contributed by atoms with Crippen molar-refractivity contribution in [1.82, 2.24) is 15.3 Å². The van der Waals surface area contributed by atoms with Crippen LogP contribution in [-0.2, 0) is 4.79 Å². The van der Waals surface area contributed by atoms with Crippen molar-refractivity contribution < 1.29 is 9.53 Å². The number of carbonyl (C=O) groups excluding carboxylic acids is 1. The third-order valence-electron chi connectivity index (χ3n) is 4.82. The Labute approximate surface area is 129 Å². The van der Waals surface area contributed by atoms with E-state index >= 15 is 0 Å². The molecule has 0 spiro atoms. The summed E-state index contributed by atoms with van der Waals surface area (Å²) in [6, 6.07) is 1.53. The molecule has 0 saturated heterocycles. The molecule has 22 heavy (non-hydrogen) atoms. The normalized spacial score (nSPS) is 30.6. The fourth-order valence-electron chi connectivity index (χ4n) is 4.26. The smallest absolute Gasteiger partial charge is 0.348 e. The summed E-state index contributed by atoms with van der Waals surface area (Å²) in [7, 11) is 0. The van der Waals surface area contributed by atoms with Crippen molar-refractivity contribution in [2.45, 2.75) is 51.0 Å². The number of H-pyrrole nitrogens is 1. The molecule has 1 heterocycles. The molecule has 3 unspecified atom stereocenters. The van der Waals surface area contributed by atoms with Crippen molar-refractivity contribution in [3.63, 3.8) is 0 Å². The van der Waals surface area contributed by atoms with Crippen LogP contribution < -0.4 is 15.7 Å². The number of hydrogen-bond acceptors (Lipinski definition) is 4. The Kier molecular flexibility index (Phi) is 4.18. The zero-order chi connectivity index (χ0) is 15.6. The minimum Gasteiger partial charge on any atom is -0.467 e. The Hall–Kier alpha value is -1.85. The molecule has 2 saturated carbocycles. The first kappa shape index (κ1) is 15.1. The van der Waals surface area contributed by atoms with Crippen LogP contribution in [-0.4, -0.2) is 28.0 Å². The van der Waals surface area contributed by atoms with E-state index in [-0.39, 0.29) is 23.9 Å². The SMILES string of the molecule is CC1CC2CCCC(NC(=O)COc3cc[nH]c(=O)n3)(C1)C2. The van der Waals surface area contributed by atoms with Crippen molar-refractivity contribution in [3.05, 3.63) is 22.7 Å². The quantitative estimate of drug-likeness (QED) is 0.885. The summed E-state index contributed by atoms with van der Waals surface area (Å²) in [5, 5.41) is 3.20. The van der Waals surface area contributed by atoms with Crippen molar-refractivity contribution in [1.29, 1.82) is 0 Å². The molecule has 0 aromatic carbocycles. The average molecular weight is 305 g/mol. The third-order valence-corrected chi connectivity index (χ3v) is 4.82. The fourth-order valence-corrected chi connectivity index (χ4v) is 4.26. The molecule has 1 aromatic heterocycles. The van der Waals surface area contributed by atoms with Gasteiger partial charge in [-0.3, -0.25) is 4.79 Å². The predicted molar refractivity (Wildman–Crippen MR) is 81.6 cm³/mol. The number of amides is 1. The van der Waals surface area contributed by atoms with E-state index in [4.69, 9.17) is 4.74 Å². The summed E-state index contributed by atoms with van der Waals surface area (Å²) in [4.78, 5) is 29.4. The molecular formula is C16H23N3O3. The number of aromatic amines is 1. The molecule has 2 bridgehead atoms. The molecule has 2 aliphatic rings. The van der Waals surface area contributed by atoms with Gasteiger partial charge in [0.1, 0.15) is 0 Å². The maximum Gasteiger partial charge on any atom is 0.348 e. The Morgan fingerprint density at radius 2 is 2.41 bits per heavy atom. The number of nitrogens with zero attached hydrogens (tertiary/aromatic N) is 1. The predicted octanol–water partition coefficient (Wildman–Crippen LogP) is 1.62. The maximum absolute atomic E-state index is 12.2. The molecule has 1 aromatic rings. The van der Waals surface area contributed by atoms with E-state index in [1.165, 1.54) is 31.5 Å². The number of ether oxygens (including phenoxy) is 1. The van der Waals surface area contributed by atoms with Gasteiger partial charge in [0.2, 0.25) is 5.88 Å². The minimum atomic E-state index is -0.479. The van der Waals surface area contributed by atoms with Gasteiger partial charge < -0.3 is 15.0 Å². The van der Waals surface area contributed by atoms with Gasteiger partial charge in [-0.25, -0.2) is 4.79 Å². The van der Waals surface area contributed by atoms with E-state index in [0.29, 0.717) is 5.92 Å². The number of rotatable bonds is 4. The summed E-state index contributed by atoms with van der Waals surface area (Å²) in [5.41, 5.74) is -0.532. The second-order valence-corrected chi connectivity index (χ2v) is 6.86. The van der Waals surface area contributed by atoms with Crippen LogP contribution in [0.1, 0.15) is 45.4 Å². The Morgan fingerprint density at radius 3 is 3.23 bits per heavy atom. The Balaban J connectivity index is 1.57. The summed E-state index contributed by atoms with van der Waals surface area (Å²) in [6.45, 7) is 2.17. The van der Waals surface area contributed by atoms with Crippen molar-refractivity contribution >= 4 is 5.91 Å². The van der Waals surface area contributed by atoms with Gasteiger partial charge in [-0.2, -0.15) is 4.98 Å². The summed E-state index contributed by atoms with van der Waals surface area (Å²) >= 11 is 0. The van der Waals surface area contributed by atoms with Crippen LogP contribution in [0, 0.1) is 11.8 Å². The van der Waals surface area contributed by atoms with Crippen LogP contribution in [0.15, 0.2) is 17.1 Å². The van der Waals surface area contributed by atoms with Crippen LogP contribution in [0.25, 0.3) is 0 Å². The van der Waals surface area contributed by atoms with E-state index in [1.54, 1.807) is 0 Å². The fraction of sp³-hybridized carbons (Fsp3) is 0.688. The van der Waals surface area contributed by atoms with E-state index in [9.17, 15) is 9.59 Å². The molecule has 1 amide bonds. The average Bonchev–Trinajstić information content (AvgIpc) is 2.44. The number of aromatic nitrogens is 2. The zero-order valence-corrected chi connectivity index (χ0v) is 12.9. The van der Waals surface area contributed by atoms with Gasteiger partial charge >= 0.3 is 5.69 Å². The Bertz CT molecular complexity index is 596. The van der Waals surface area contributed by atoms with Crippen LogP contribution in [0.4, 0.5) is 0 Å². The molecule has 2 N–H and O–H groups in total. The monoisotopic (exact) mass is 305 g/mol. The number of nitrogens with one attached hydrogen (secondary N) is 2. The molecule has 3 rings (SSSR count). The van der Waals surface area contributed by atoms with Crippen molar-refractivity contribution in [2.75, 3.05) is 6.61 Å². The summed E-state index contributed by atoms with van der Waals surface area (Å²) < 4.78 is 5.31. The first-order valence-corrected chi connectivity index (χ1v) is 8.04. The van der Waals surface area contributed by atoms with E-state index in [1.807, 2.05) is 0 Å². The molecule has 120 valence electrons. The lowest BCUT2D eigenvalue weighted by molar-refractivity contribution is -0.126. The molecule has 6 heteroatoms. The van der Waals surface area contributed by atoms with Gasteiger partial charge in [-0.05, 0) is 37.5 Å². The van der Waals surface area contributed by atoms with Gasteiger partial charge in [-0.1, -0.05) is 19.8 Å². The van der Waals surface area contributed by atoms with Crippen molar-refractivity contribution in [2.24, 2.45) is 11.8 Å². The highest BCUT2D eigenvalue weighted by molar-refractivity contribution is 5.78. The first-order valence-electron chi connectivity index (χ1n) is 8.04. The second kappa shape index (κ2) is 6.10. The van der Waals surface area contributed by atoms with Gasteiger partial charge in [0.05, 0.1) is 0 Å². The van der Waals surface area contributed by atoms with Crippen molar-refractivity contribution in [3.8, 4) is 5.88 Å². The highest BCUT2D eigenvalue weighted by Crippen LogP contribution is 2.45. The zero-order valence-electron chi connectivity index (χ0n) is 12.9. The molecular weight excluding hydrogens is 282 g/mol. The second-order valence-electron chi connectivity index (χ2n) is 6.86. The van der Waals surface area contributed by atoms with E-state index in [0.717, 1.165) is 25.2 Å². The van der Waals surface area contributed by atoms with E-state index in [2.05, 4.69) is 22.2 Å². The molecule has 0 radical (unpaired) electrons. The van der Waals surface area contributed by atoms with Crippen LogP contribution in [0.5, 0.6) is 5.88 Å². The number of fused-ring (bicyclic) bond motifs is 2. The largest absolute Gasteiger partial charge is 0.467 e. The molecule has 6 nitrogen and oxygen atoms in total. The molecule has 3 atom stereocenters. The standard InChI is InChI=1S/C16H23N3O3/c1-11-7-12-3-2-5-16(8-11,9-12)19-13(20)10-22-14-4-6-17-15(21)18-14/h4,6,11-12H,2-3,5,7-10H2,1H3,(H,19,20)(H,17,18,21). The van der Waals surface area contributed by atoms with Gasteiger partial charge in [0, 0.05) is 17.8 Å². The molecule has 2 aliphatic carbocycles. The van der Waals surface area contributed by atoms with Gasteiger partial charge in [0.25, 0.3) is 5.91 Å². The first-order chi connectivity index (χ1) is 10.5. The third kappa shape index (κ3) is 3.48. The van der Waals surface area contributed by atoms with Crippen LogP contribution >= 0.6 is 0 Å². The molecule has 0 aliphatic heterocycles. The lowest BCUT2D eigenvalue weighted by Gasteiger charge is -2.48. The topological polar surface area (TPSA) is 84.1 Å². The molecule has 2 fully saturated rings. The Morgan fingerprint density at radius 1 is 1.55 bits per heavy atom. The lowest BCUT2D eigenvalue weighted by atomic mass is 9.64. The van der Waals surface area contributed by atoms with E-state index < -0.39 is 5.69 Å².